The average molecular weight is 306 g/mol. The third kappa shape index (κ3) is 4.06. The van der Waals surface area contributed by atoms with Crippen LogP contribution in [0.3, 0.4) is 0 Å². The van der Waals surface area contributed by atoms with Gasteiger partial charge in [-0.2, -0.15) is 0 Å². The van der Waals surface area contributed by atoms with Gasteiger partial charge in [-0.25, -0.2) is 4.39 Å². The highest BCUT2D eigenvalue weighted by Crippen LogP contribution is 2.32. The number of hydrogen-bond acceptors (Lipinski definition) is 2. The first-order valence-electron chi connectivity index (χ1n) is 7.91. The normalized spacial score (nSPS) is 18.3. The lowest BCUT2D eigenvalue weighted by atomic mass is 9.89. The second-order valence-corrected chi connectivity index (χ2v) is 5.94. The van der Waals surface area contributed by atoms with Crippen LogP contribution in [-0.4, -0.2) is 17.9 Å². The molecule has 0 radical (unpaired) electrons. The molecule has 0 aliphatic carbocycles. The number of benzene rings is 1. The van der Waals surface area contributed by atoms with Crippen LogP contribution in [0.25, 0.3) is 0 Å². The maximum atomic E-state index is 13.3. The van der Waals surface area contributed by atoms with Gasteiger partial charge in [0.15, 0.2) is 0 Å². The molecule has 1 aromatic rings. The molecule has 2 amide bonds. The van der Waals surface area contributed by atoms with Crippen molar-refractivity contribution >= 4 is 17.5 Å². The fraction of sp³-hybridized carbons (Fsp3) is 0.529. The van der Waals surface area contributed by atoms with Gasteiger partial charge in [-0.15, -0.1) is 0 Å². The van der Waals surface area contributed by atoms with Crippen LogP contribution in [0.5, 0.6) is 0 Å². The van der Waals surface area contributed by atoms with Crippen molar-refractivity contribution in [1.82, 2.24) is 5.32 Å². The zero-order chi connectivity index (χ0) is 16.1. The number of amides is 2. The number of fused-ring (bicyclic) bond motifs is 1. The Kier molecular flexibility index (Phi) is 5.52. The van der Waals surface area contributed by atoms with Gasteiger partial charge in [0, 0.05) is 18.2 Å². The smallest absolute Gasteiger partial charge is 0.228 e. The van der Waals surface area contributed by atoms with Crippen LogP contribution in [0.4, 0.5) is 10.1 Å². The molecule has 1 heterocycles. The molecule has 0 aromatic heterocycles. The van der Waals surface area contributed by atoms with E-state index in [4.69, 9.17) is 0 Å². The van der Waals surface area contributed by atoms with Crippen molar-refractivity contribution < 1.29 is 14.0 Å². The number of unbranched alkanes of at least 4 members (excludes halogenated alkanes) is 2. The molecule has 0 saturated carbocycles. The van der Waals surface area contributed by atoms with Gasteiger partial charge >= 0.3 is 0 Å². The Balaban J connectivity index is 2.05. The first-order valence-corrected chi connectivity index (χ1v) is 7.91. The first kappa shape index (κ1) is 16.5. The van der Waals surface area contributed by atoms with Gasteiger partial charge in [0.2, 0.25) is 11.8 Å². The van der Waals surface area contributed by atoms with Gasteiger partial charge in [0.05, 0.1) is 5.92 Å². The molecular weight excluding hydrogens is 283 g/mol. The van der Waals surface area contributed by atoms with Crippen LogP contribution in [-0.2, 0) is 9.59 Å². The van der Waals surface area contributed by atoms with E-state index in [1.165, 1.54) is 12.1 Å². The summed E-state index contributed by atoms with van der Waals surface area (Å²) in [6.07, 6.45) is 4.39. The highest BCUT2D eigenvalue weighted by molar-refractivity contribution is 6.01. The number of nitrogens with one attached hydrogen (secondary N) is 2. The lowest BCUT2D eigenvalue weighted by Gasteiger charge is -2.26. The second-order valence-electron chi connectivity index (χ2n) is 5.94. The van der Waals surface area contributed by atoms with Crippen LogP contribution in [0.2, 0.25) is 0 Å². The summed E-state index contributed by atoms with van der Waals surface area (Å²) in [5.74, 6) is -1.38. The summed E-state index contributed by atoms with van der Waals surface area (Å²) < 4.78 is 13.3. The predicted octanol–water partition coefficient (Wildman–Crippen LogP) is 3.34. The summed E-state index contributed by atoms with van der Waals surface area (Å²) >= 11 is 0. The van der Waals surface area contributed by atoms with Crippen LogP contribution in [0.1, 0.15) is 57.4 Å². The molecule has 5 heteroatoms. The first-order chi connectivity index (χ1) is 10.5. The van der Waals surface area contributed by atoms with Crippen molar-refractivity contribution in [2.24, 2.45) is 0 Å². The minimum absolute atomic E-state index is 0.0768. The van der Waals surface area contributed by atoms with E-state index in [9.17, 15) is 14.0 Å². The summed E-state index contributed by atoms with van der Waals surface area (Å²) in [5.41, 5.74) is 1.08. The number of carbonyl (C=O) groups is 2. The van der Waals surface area contributed by atoms with E-state index in [-0.39, 0.29) is 24.3 Å². The average Bonchev–Trinajstić information content (AvgIpc) is 2.46. The summed E-state index contributed by atoms with van der Waals surface area (Å²) in [4.78, 5) is 24.2. The van der Waals surface area contributed by atoms with Gasteiger partial charge in [0.25, 0.3) is 0 Å². The fourth-order valence-corrected chi connectivity index (χ4v) is 2.79. The predicted molar refractivity (Wildman–Crippen MR) is 84.1 cm³/mol. The van der Waals surface area contributed by atoms with Crippen LogP contribution in [0, 0.1) is 5.82 Å². The molecule has 2 unspecified atom stereocenters. The molecule has 2 N–H and O–H groups in total. The monoisotopic (exact) mass is 306 g/mol. The molecule has 2 atom stereocenters. The molecule has 2 rings (SSSR count). The molecule has 0 fully saturated rings. The Morgan fingerprint density at radius 3 is 2.95 bits per heavy atom. The van der Waals surface area contributed by atoms with Gasteiger partial charge in [-0.1, -0.05) is 32.3 Å². The molecule has 22 heavy (non-hydrogen) atoms. The maximum absolute atomic E-state index is 13.3. The number of carbonyl (C=O) groups excluding carboxylic acids is 2. The second kappa shape index (κ2) is 7.38. The van der Waals surface area contributed by atoms with E-state index in [0.29, 0.717) is 11.3 Å². The van der Waals surface area contributed by atoms with Gasteiger partial charge in [-0.05, 0) is 31.0 Å². The number of hydrogen-bond donors (Lipinski definition) is 2. The summed E-state index contributed by atoms with van der Waals surface area (Å²) in [6, 6.07) is 4.24. The topological polar surface area (TPSA) is 58.2 Å². The van der Waals surface area contributed by atoms with Crippen molar-refractivity contribution in [3.8, 4) is 0 Å². The molecule has 1 aromatic carbocycles. The molecular formula is C17H23FN2O2. The largest absolute Gasteiger partial charge is 0.353 e. The van der Waals surface area contributed by atoms with Crippen LogP contribution < -0.4 is 10.6 Å². The minimum atomic E-state index is -0.544. The lowest BCUT2D eigenvalue weighted by molar-refractivity contribution is -0.126. The fourth-order valence-electron chi connectivity index (χ4n) is 2.79. The maximum Gasteiger partial charge on any atom is 0.228 e. The molecule has 0 saturated heterocycles. The molecule has 120 valence electrons. The van der Waals surface area contributed by atoms with E-state index in [2.05, 4.69) is 17.6 Å². The quantitative estimate of drug-likeness (QED) is 0.792. The third-order valence-corrected chi connectivity index (χ3v) is 4.00. The van der Waals surface area contributed by atoms with Crippen molar-refractivity contribution in [3.63, 3.8) is 0 Å². The van der Waals surface area contributed by atoms with Gasteiger partial charge in [0.1, 0.15) is 5.82 Å². The van der Waals surface area contributed by atoms with E-state index in [1.807, 2.05) is 6.92 Å². The summed E-state index contributed by atoms with van der Waals surface area (Å²) in [7, 11) is 0. The molecule has 0 bridgehead atoms. The Morgan fingerprint density at radius 2 is 2.23 bits per heavy atom. The molecule has 1 aliphatic heterocycles. The van der Waals surface area contributed by atoms with Crippen LogP contribution in [0.15, 0.2) is 18.2 Å². The SMILES string of the molecule is CCCCCC(C)NC(=O)C1CC(=O)Nc2cc(F)ccc21. The van der Waals surface area contributed by atoms with E-state index in [0.717, 1.165) is 25.7 Å². The lowest BCUT2D eigenvalue weighted by Crippen LogP contribution is -2.39. The number of anilines is 1. The Morgan fingerprint density at radius 1 is 1.45 bits per heavy atom. The number of rotatable bonds is 6. The Bertz CT molecular complexity index is 560. The van der Waals surface area contributed by atoms with E-state index in [1.54, 1.807) is 6.07 Å². The molecule has 0 spiro atoms. The van der Waals surface area contributed by atoms with Crippen molar-refractivity contribution in [3.05, 3.63) is 29.6 Å². The molecule has 4 nitrogen and oxygen atoms in total. The summed E-state index contributed by atoms with van der Waals surface area (Å²) in [6.45, 7) is 4.11. The van der Waals surface area contributed by atoms with Crippen LogP contribution >= 0.6 is 0 Å². The van der Waals surface area contributed by atoms with Crippen molar-refractivity contribution in [2.75, 3.05) is 5.32 Å². The Labute approximate surface area is 130 Å². The van der Waals surface area contributed by atoms with E-state index < -0.39 is 11.7 Å². The van der Waals surface area contributed by atoms with Crippen molar-refractivity contribution in [1.29, 1.82) is 0 Å². The summed E-state index contributed by atoms with van der Waals surface area (Å²) in [5, 5.41) is 5.59. The highest BCUT2D eigenvalue weighted by atomic mass is 19.1. The zero-order valence-corrected chi connectivity index (χ0v) is 13.1. The molecule has 1 aliphatic rings. The van der Waals surface area contributed by atoms with Gasteiger partial charge < -0.3 is 10.6 Å². The Hall–Kier alpha value is -1.91. The van der Waals surface area contributed by atoms with E-state index >= 15 is 0 Å². The highest BCUT2D eigenvalue weighted by Gasteiger charge is 2.31. The zero-order valence-electron chi connectivity index (χ0n) is 13.1. The number of halogens is 1. The standard InChI is InChI=1S/C17H23FN2O2/c1-3-4-5-6-11(2)19-17(22)14-10-16(21)20-15-9-12(18)7-8-13(14)15/h7-9,11,14H,3-6,10H2,1-2H3,(H,19,22)(H,20,21). The van der Waals surface area contributed by atoms with Gasteiger partial charge in [-0.3, -0.25) is 9.59 Å². The minimum Gasteiger partial charge on any atom is -0.353 e. The van der Waals surface area contributed by atoms with Crippen molar-refractivity contribution in [2.45, 2.75) is 57.9 Å². The third-order valence-electron chi connectivity index (χ3n) is 4.00.